The molecular weight excluding hydrogens is 418 g/mol. The van der Waals surface area contributed by atoms with Crippen molar-refractivity contribution in [1.82, 2.24) is 0 Å². The minimum absolute atomic E-state index is 0.123. The van der Waals surface area contributed by atoms with Gasteiger partial charge in [-0.25, -0.2) is 0 Å². The number of benzene rings is 3. The normalized spacial score (nSPS) is 12.2. The smallest absolute Gasteiger partial charge is 0.318 e. The Morgan fingerprint density at radius 3 is 2.41 bits per heavy atom. The van der Waals surface area contributed by atoms with Crippen LogP contribution < -0.4 is 14.2 Å². The summed E-state index contributed by atoms with van der Waals surface area (Å²) in [5, 5.41) is 31.7. The first-order valence-electron chi connectivity index (χ1n) is 9.17. The highest BCUT2D eigenvalue weighted by molar-refractivity contribution is 5.90. The maximum Gasteiger partial charge on any atom is 0.318 e. The number of fused-ring (bicyclic) bond motifs is 1. The Balaban J connectivity index is 1.56. The topological polar surface area (TPSA) is 138 Å². The lowest BCUT2D eigenvalue weighted by Crippen LogP contribution is -1.96. The van der Waals surface area contributed by atoms with Gasteiger partial charge in [0, 0.05) is 6.07 Å². The molecule has 0 aromatic heterocycles. The Hall–Kier alpha value is -4.91. The van der Waals surface area contributed by atoms with E-state index in [4.69, 9.17) is 14.2 Å². The number of nitro groups is 2. The Morgan fingerprint density at radius 2 is 1.72 bits per heavy atom. The molecule has 0 bridgehead atoms. The van der Waals surface area contributed by atoms with Crippen LogP contribution in [0.25, 0.3) is 11.6 Å². The molecule has 3 aromatic rings. The molecule has 10 heteroatoms. The van der Waals surface area contributed by atoms with Crippen molar-refractivity contribution in [2.24, 2.45) is 0 Å². The second-order valence-corrected chi connectivity index (χ2v) is 6.58. The molecule has 32 heavy (non-hydrogen) atoms. The summed E-state index contributed by atoms with van der Waals surface area (Å²) < 4.78 is 16.2. The second kappa shape index (κ2) is 8.45. The molecule has 0 unspecified atom stereocenters. The summed E-state index contributed by atoms with van der Waals surface area (Å²) >= 11 is 0. The molecule has 0 fully saturated rings. The van der Waals surface area contributed by atoms with Crippen LogP contribution in [-0.4, -0.2) is 16.6 Å². The third kappa shape index (κ3) is 4.17. The van der Waals surface area contributed by atoms with E-state index in [1.807, 2.05) is 0 Å². The van der Waals surface area contributed by atoms with Gasteiger partial charge in [0.25, 0.3) is 5.69 Å². The molecule has 0 amide bonds. The van der Waals surface area contributed by atoms with E-state index in [0.29, 0.717) is 33.9 Å². The average Bonchev–Trinajstić information content (AvgIpc) is 3.26. The molecule has 0 saturated heterocycles. The number of hydrogen-bond donors (Lipinski definition) is 0. The van der Waals surface area contributed by atoms with Crippen molar-refractivity contribution < 1.29 is 24.1 Å². The number of nitrogens with zero attached hydrogens (tertiary/aromatic N) is 3. The van der Waals surface area contributed by atoms with Gasteiger partial charge in [-0.3, -0.25) is 20.2 Å². The van der Waals surface area contributed by atoms with Crippen LogP contribution in [0, 0.1) is 31.6 Å². The lowest BCUT2D eigenvalue weighted by atomic mass is 10.0. The fourth-order valence-corrected chi connectivity index (χ4v) is 3.02. The molecule has 0 atom stereocenters. The Morgan fingerprint density at radius 1 is 0.969 bits per heavy atom. The number of non-ortho nitro benzene ring substituents is 1. The summed E-state index contributed by atoms with van der Waals surface area (Å²) in [6, 6.07) is 17.0. The highest BCUT2D eigenvalue weighted by atomic mass is 16.7. The third-order valence-corrected chi connectivity index (χ3v) is 4.57. The molecular formula is C22H13N3O7. The van der Waals surface area contributed by atoms with Crippen molar-refractivity contribution >= 4 is 23.0 Å². The van der Waals surface area contributed by atoms with E-state index in [2.05, 4.69) is 6.07 Å². The van der Waals surface area contributed by atoms with Crippen LogP contribution in [0.4, 0.5) is 11.4 Å². The summed E-state index contributed by atoms with van der Waals surface area (Å²) in [7, 11) is 0. The lowest BCUT2D eigenvalue weighted by Gasteiger charge is -2.07. The minimum atomic E-state index is -0.746. The van der Waals surface area contributed by atoms with Crippen molar-refractivity contribution in [3.63, 3.8) is 0 Å². The van der Waals surface area contributed by atoms with Gasteiger partial charge in [-0.15, -0.1) is 0 Å². The first kappa shape index (κ1) is 20.4. The maximum atomic E-state index is 11.2. The van der Waals surface area contributed by atoms with Gasteiger partial charge in [-0.2, -0.15) is 5.26 Å². The zero-order chi connectivity index (χ0) is 22.7. The highest BCUT2D eigenvalue weighted by Gasteiger charge is 2.21. The van der Waals surface area contributed by atoms with Gasteiger partial charge >= 0.3 is 5.69 Å². The fraction of sp³-hybridized carbons (Fsp3) is 0.0455. The van der Waals surface area contributed by atoms with E-state index in [9.17, 15) is 25.5 Å². The molecule has 0 N–H and O–H groups in total. The molecule has 1 aliphatic rings. The molecule has 10 nitrogen and oxygen atoms in total. The van der Waals surface area contributed by atoms with Gasteiger partial charge < -0.3 is 14.2 Å². The summed E-state index contributed by atoms with van der Waals surface area (Å²) in [5.41, 5.74) is 0.848. The van der Waals surface area contributed by atoms with Crippen LogP contribution in [0.1, 0.15) is 11.1 Å². The Labute approximate surface area is 180 Å². The number of rotatable bonds is 6. The summed E-state index contributed by atoms with van der Waals surface area (Å²) in [6.45, 7) is 0.138. The van der Waals surface area contributed by atoms with Crippen LogP contribution in [0.2, 0.25) is 0 Å². The lowest BCUT2D eigenvalue weighted by molar-refractivity contribution is -0.394. The number of nitro benzene ring substituents is 2. The molecule has 0 spiro atoms. The second-order valence-electron chi connectivity index (χ2n) is 6.58. The van der Waals surface area contributed by atoms with Crippen LogP contribution in [0.15, 0.2) is 60.7 Å². The number of ether oxygens (including phenoxy) is 3. The average molecular weight is 431 g/mol. The highest BCUT2D eigenvalue weighted by Crippen LogP contribution is 2.36. The van der Waals surface area contributed by atoms with E-state index < -0.39 is 21.2 Å². The largest absolute Gasteiger partial charge is 0.454 e. The zero-order valence-electron chi connectivity index (χ0n) is 16.3. The van der Waals surface area contributed by atoms with Gasteiger partial charge in [0.05, 0.1) is 27.6 Å². The molecule has 1 aliphatic heterocycles. The molecule has 0 saturated carbocycles. The standard InChI is InChI=1S/C22H13N3O7/c23-12-16(15-3-7-21-22(10-15)31-13-30-21)9-14-1-5-18(6-2-14)32-20-8-4-17(24(26)27)11-19(20)25(28)29/h1-11H,13H2/b16-9-. The van der Waals surface area contributed by atoms with Gasteiger partial charge in [-0.05, 0) is 53.6 Å². The molecule has 0 aliphatic carbocycles. The van der Waals surface area contributed by atoms with E-state index >= 15 is 0 Å². The maximum absolute atomic E-state index is 11.2. The number of nitriles is 1. The SMILES string of the molecule is N#C/C(=C/c1ccc(Oc2ccc([N+](=O)[O-])cc2[N+](=O)[O-])cc1)c1ccc2c(c1)OCO2. The van der Waals surface area contributed by atoms with Gasteiger partial charge in [0.1, 0.15) is 5.75 Å². The van der Waals surface area contributed by atoms with Crippen LogP contribution in [-0.2, 0) is 0 Å². The molecule has 4 rings (SSSR count). The monoisotopic (exact) mass is 431 g/mol. The van der Waals surface area contributed by atoms with E-state index in [1.165, 1.54) is 6.07 Å². The Bertz CT molecular complexity index is 1290. The van der Waals surface area contributed by atoms with Crippen LogP contribution >= 0.6 is 0 Å². The van der Waals surface area contributed by atoms with Crippen molar-refractivity contribution in [3.05, 3.63) is 92.0 Å². The molecule has 1 heterocycles. The number of allylic oxidation sites excluding steroid dienone is 1. The predicted molar refractivity (Wildman–Crippen MR) is 112 cm³/mol. The van der Waals surface area contributed by atoms with E-state index in [-0.39, 0.29) is 12.5 Å². The fourth-order valence-electron chi connectivity index (χ4n) is 3.02. The zero-order valence-corrected chi connectivity index (χ0v) is 16.3. The minimum Gasteiger partial charge on any atom is -0.454 e. The van der Waals surface area contributed by atoms with Gasteiger partial charge in [-0.1, -0.05) is 12.1 Å². The van der Waals surface area contributed by atoms with Crippen LogP contribution in [0.5, 0.6) is 23.0 Å². The first-order valence-corrected chi connectivity index (χ1v) is 9.17. The van der Waals surface area contributed by atoms with E-state index in [1.54, 1.807) is 48.5 Å². The summed E-state index contributed by atoms with van der Waals surface area (Å²) in [5.74, 6) is 1.35. The summed E-state index contributed by atoms with van der Waals surface area (Å²) in [4.78, 5) is 20.6. The summed E-state index contributed by atoms with van der Waals surface area (Å²) in [6.07, 6.45) is 1.68. The third-order valence-electron chi connectivity index (χ3n) is 4.57. The van der Waals surface area contributed by atoms with Gasteiger partial charge in [0.15, 0.2) is 11.5 Å². The van der Waals surface area contributed by atoms with Crippen molar-refractivity contribution in [2.75, 3.05) is 6.79 Å². The van der Waals surface area contributed by atoms with Crippen molar-refractivity contribution in [3.8, 4) is 29.1 Å². The number of hydrogen-bond acceptors (Lipinski definition) is 8. The quantitative estimate of drug-likeness (QED) is 0.228. The van der Waals surface area contributed by atoms with Crippen LogP contribution in [0.3, 0.4) is 0 Å². The van der Waals surface area contributed by atoms with Gasteiger partial charge in [0.2, 0.25) is 12.5 Å². The Kier molecular flexibility index (Phi) is 5.38. The first-order chi connectivity index (χ1) is 15.4. The molecule has 158 valence electrons. The van der Waals surface area contributed by atoms with Crippen molar-refractivity contribution in [1.29, 1.82) is 5.26 Å². The van der Waals surface area contributed by atoms with E-state index in [0.717, 1.165) is 12.1 Å². The molecule has 0 radical (unpaired) electrons. The molecule has 3 aromatic carbocycles. The predicted octanol–water partition coefficient (Wildman–Crippen LogP) is 5.09. The van der Waals surface area contributed by atoms with Crippen molar-refractivity contribution in [2.45, 2.75) is 0 Å².